The van der Waals surface area contributed by atoms with E-state index in [1.807, 2.05) is 19.1 Å². The number of ether oxygens (including phenoxy) is 2. The van der Waals surface area contributed by atoms with E-state index in [0.717, 1.165) is 24.4 Å². The number of rotatable bonds is 5. The molecule has 130 valence electrons. The molecule has 0 N–H and O–H groups in total. The lowest BCUT2D eigenvalue weighted by Crippen LogP contribution is -2.30. The zero-order valence-electron chi connectivity index (χ0n) is 14.7. The lowest BCUT2D eigenvalue weighted by Gasteiger charge is -2.29. The summed E-state index contributed by atoms with van der Waals surface area (Å²) in [4.78, 5) is 8.57. The van der Waals surface area contributed by atoms with Gasteiger partial charge in [0.05, 0.1) is 18.6 Å². The minimum Gasteiger partial charge on any atom is -0.377 e. The molecule has 2 aromatic rings. The van der Waals surface area contributed by atoms with Crippen LogP contribution in [0.25, 0.3) is 0 Å². The van der Waals surface area contributed by atoms with E-state index in [0.29, 0.717) is 12.5 Å². The average Bonchev–Trinajstić information content (AvgIpc) is 3.21. The maximum Gasteiger partial charge on any atom is 0.255 e. The van der Waals surface area contributed by atoms with Crippen molar-refractivity contribution in [2.75, 3.05) is 6.61 Å². The van der Waals surface area contributed by atoms with E-state index >= 15 is 0 Å². The van der Waals surface area contributed by atoms with Gasteiger partial charge in [-0.15, -0.1) is 0 Å². The van der Waals surface area contributed by atoms with E-state index in [4.69, 9.17) is 14.0 Å². The molecule has 1 fully saturated rings. The molecule has 3 heterocycles. The molecule has 3 atom stereocenters. The van der Waals surface area contributed by atoms with Gasteiger partial charge in [-0.1, -0.05) is 25.9 Å². The largest absolute Gasteiger partial charge is 0.377 e. The summed E-state index contributed by atoms with van der Waals surface area (Å²) in [6.45, 7) is 9.68. The smallest absolute Gasteiger partial charge is 0.255 e. The minimum absolute atomic E-state index is 0.0470. The van der Waals surface area contributed by atoms with Gasteiger partial charge in [0.15, 0.2) is 5.82 Å². The highest BCUT2D eigenvalue weighted by Gasteiger charge is 2.40. The van der Waals surface area contributed by atoms with Crippen molar-refractivity contribution in [1.29, 1.82) is 0 Å². The number of pyridine rings is 1. The normalized spacial score (nSPS) is 22.7. The van der Waals surface area contributed by atoms with Gasteiger partial charge in [-0.25, -0.2) is 0 Å². The maximum absolute atomic E-state index is 5.90. The summed E-state index contributed by atoms with van der Waals surface area (Å²) in [6, 6.07) is 3.85. The molecule has 2 aromatic heterocycles. The first-order valence-electron chi connectivity index (χ1n) is 8.41. The zero-order chi connectivity index (χ0) is 17.2. The predicted molar refractivity (Wildman–Crippen MR) is 88.3 cm³/mol. The van der Waals surface area contributed by atoms with Crippen molar-refractivity contribution in [3.8, 4) is 0 Å². The third-order valence-electron chi connectivity index (χ3n) is 4.33. The van der Waals surface area contributed by atoms with E-state index < -0.39 is 0 Å². The first kappa shape index (κ1) is 17.0. The molecule has 6 nitrogen and oxygen atoms in total. The Morgan fingerprint density at radius 1 is 1.29 bits per heavy atom. The topological polar surface area (TPSA) is 70.3 Å². The molecule has 0 aromatic carbocycles. The van der Waals surface area contributed by atoms with Crippen LogP contribution < -0.4 is 0 Å². The van der Waals surface area contributed by atoms with Gasteiger partial charge in [-0.05, 0) is 36.5 Å². The van der Waals surface area contributed by atoms with Gasteiger partial charge in [-0.2, -0.15) is 4.98 Å². The number of nitrogens with zero attached hydrogens (tertiary/aromatic N) is 3. The third-order valence-corrected chi connectivity index (χ3v) is 4.33. The van der Waals surface area contributed by atoms with Gasteiger partial charge >= 0.3 is 0 Å². The fraction of sp³-hybridized carbons (Fsp3) is 0.611. The maximum atomic E-state index is 5.90. The molecule has 1 aliphatic rings. The highest BCUT2D eigenvalue weighted by molar-refractivity contribution is 5.08. The van der Waals surface area contributed by atoms with Crippen LogP contribution in [0.15, 0.2) is 29.0 Å². The Morgan fingerprint density at radius 2 is 2.04 bits per heavy atom. The van der Waals surface area contributed by atoms with Gasteiger partial charge in [0.1, 0.15) is 6.10 Å². The molecule has 0 bridgehead atoms. The molecule has 24 heavy (non-hydrogen) atoms. The second kappa shape index (κ2) is 6.99. The highest BCUT2D eigenvalue weighted by Crippen LogP contribution is 2.40. The standard InChI is InChI=1S/C18H25N3O3/c1-12(23-11-13-5-8-19-9-6-13)17-20-16(21-24-17)14-7-10-22-15(14)18(2,3)4/h5-6,8-9,12,14-15H,7,10-11H2,1-4H3/t12-,14+,15+/m0/s1. The lowest BCUT2D eigenvalue weighted by molar-refractivity contribution is 0.0193. The van der Waals surface area contributed by atoms with Gasteiger partial charge in [0.25, 0.3) is 5.89 Å². The van der Waals surface area contributed by atoms with Crippen LogP contribution in [-0.2, 0) is 16.1 Å². The van der Waals surface area contributed by atoms with Crippen LogP contribution in [0.2, 0.25) is 0 Å². The molecule has 0 saturated carbocycles. The molecular formula is C18H25N3O3. The van der Waals surface area contributed by atoms with Gasteiger partial charge in [0, 0.05) is 19.0 Å². The number of aromatic nitrogens is 3. The summed E-state index contributed by atoms with van der Waals surface area (Å²) in [5.74, 6) is 1.41. The van der Waals surface area contributed by atoms with Crippen molar-refractivity contribution in [1.82, 2.24) is 15.1 Å². The molecule has 0 unspecified atom stereocenters. The van der Waals surface area contributed by atoms with E-state index in [2.05, 4.69) is 35.9 Å². The number of hydrogen-bond donors (Lipinski definition) is 0. The Balaban J connectivity index is 1.64. The fourth-order valence-corrected chi connectivity index (χ4v) is 3.04. The zero-order valence-corrected chi connectivity index (χ0v) is 14.7. The molecule has 0 spiro atoms. The Bertz CT molecular complexity index is 651. The van der Waals surface area contributed by atoms with E-state index in [1.54, 1.807) is 12.4 Å². The van der Waals surface area contributed by atoms with Crippen LogP contribution in [0.4, 0.5) is 0 Å². The Kier molecular flexibility index (Phi) is 4.96. The van der Waals surface area contributed by atoms with Crippen LogP contribution in [-0.4, -0.2) is 27.8 Å². The Morgan fingerprint density at radius 3 is 2.75 bits per heavy atom. The summed E-state index contributed by atoms with van der Waals surface area (Å²) in [5, 5.41) is 4.18. The fourth-order valence-electron chi connectivity index (χ4n) is 3.04. The monoisotopic (exact) mass is 331 g/mol. The number of hydrogen-bond acceptors (Lipinski definition) is 6. The minimum atomic E-state index is -0.255. The Labute approximate surface area is 142 Å². The van der Waals surface area contributed by atoms with Crippen LogP contribution >= 0.6 is 0 Å². The molecule has 0 radical (unpaired) electrons. The molecular weight excluding hydrogens is 306 g/mol. The van der Waals surface area contributed by atoms with Crippen molar-refractivity contribution in [2.24, 2.45) is 5.41 Å². The van der Waals surface area contributed by atoms with E-state index in [9.17, 15) is 0 Å². The quantitative estimate of drug-likeness (QED) is 0.832. The lowest BCUT2D eigenvalue weighted by atomic mass is 9.81. The van der Waals surface area contributed by atoms with Crippen molar-refractivity contribution in [3.05, 3.63) is 41.8 Å². The van der Waals surface area contributed by atoms with Crippen molar-refractivity contribution < 1.29 is 14.0 Å². The molecule has 0 aliphatic carbocycles. The first-order valence-corrected chi connectivity index (χ1v) is 8.41. The average molecular weight is 331 g/mol. The van der Waals surface area contributed by atoms with Crippen molar-refractivity contribution in [3.63, 3.8) is 0 Å². The second-order valence-electron chi connectivity index (χ2n) is 7.35. The summed E-state index contributed by atoms with van der Waals surface area (Å²) in [5.41, 5.74) is 1.11. The van der Waals surface area contributed by atoms with Gasteiger partial charge < -0.3 is 14.0 Å². The summed E-state index contributed by atoms with van der Waals surface area (Å²) >= 11 is 0. The molecule has 6 heteroatoms. The van der Waals surface area contributed by atoms with E-state index in [-0.39, 0.29) is 23.5 Å². The predicted octanol–water partition coefficient (Wildman–Crippen LogP) is 3.66. The summed E-state index contributed by atoms with van der Waals surface area (Å²) in [7, 11) is 0. The van der Waals surface area contributed by atoms with Crippen LogP contribution in [0.1, 0.15) is 63.4 Å². The molecule has 1 aliphatic heterocycles. The Hall–Kier alpha value is -1.79. The third kappa shape index (κ3) is 3.82. The molecule has 0 amide bonds. The SMILES string of the molecule is C[C@H](OCc1ccncc1)c1nc([C@@H]2CCO[C@H]2C(C)(C)C)no1. The molecule has 1 saturated heterocycles. The van der Waals surface area contributed by atoms with Gasteiger partial charge in [-0.3, -0.25) is 4.98 Å². The van der Waals surface area contributed by atoms with E-state index in [1.165, 1.54) is 0 Å². The molecule has 3 rings (SSSR count). The van der Waals surface area contributed by atoms with Crippen molar-refractivity contribution in [2.45, 2.75) is 58.8 Å². The van der Waals surface area contributed by atoms with Crippen molar-refractivity contribution >= 4 is 0 Å². The second-order valence-corrected chi connectivity index (χ2v) is 7.35. The summed E-state index contributed by atoms with van der Waals surface area (Å²) < 4.78 is 17.2. The van der Waals surface area contributed by atoms with Crippen LogP contribution in [0, 0.1) is 5.41 Å². The highest BCUT2D eigenvalue weighted by atomic mass is 16.5. The van der Waals surface area contributed by atoms with Gasteiger partial charge in [0.2, 0.25) is 0 Å². The van der Waals surface area contributed by atoms with Crippen LogP contribution in [0.5, 0.6) is 0 Å². The first-order chi connectivity index (χ1) is 11.4. The van der Waals surface area contributed by atoms with Crippen LogP contribution in [0.3, 0.4) is 0 Å². The summed E-state index contributed by atoms with van der Waals surface area (Å²) in [6.07, 6.45) is 4.28.